The van der Waals surface area contributed by atoms with Crippen LogP contribution in [0.1, 0.15) is 54.1 Å². The largest absolute Gasteiger partial charge is 0.435 e. The molecule has 0 unspecified atom stereocenters. The molecule has 3 N–H and O–H groups in total. The molecule has 6 aromatic rings. The number of Topliss-reactive ketones (excluding diaryl/α,β-unsaturated/α-hetero) is 3. The Kier molecular flexibility index (Phi) is 8.32. The number of ketones is 3. The molecule has 0 aliphatic carbocycles. The number of carbonyl (C=O) groups is 4. The highest BCUT2D eigenvalue weighted by Gasteiger charge is 2.73. The molecular formula is C38H29N5O7. The lowest BCUT2D eigenvalue weighted by Crippen LogP contribution is -2.69. The number of hydrogen-bond acceptors (Lipinski definition) is 11. The van der Waals surface area contributed by atoms with Crippen LogP contribution in [-0.2, 0) is 9.47 Å². The number of benzene rings is 4. The van der Waals surface area contributed by atoms with Crippen LogP contribution in [0.4, 0.5) is 5.82 Å². The van der Waals surface area contributed by atoms with E-state index in [-0.39, 0.29) is 39.2 Å². The van der Waals surface area contributed by atoms with Crippen molar-refractivity contribution in [3.8, 4) is 0 Å². The third kappa shape index (κ3) is 5.23. The molecule has 12 heteroatoms. The van der Waals surface area contributed by atoms with Gasteiger partial charge in [-0.2, -0.15) is 0 Å². The molecule has 0 amide bonds. The van der Waals surface area contributed by atoms with Gasteiger partial charge in [-0.1, -0.05) is 109 Å². The summed E-state index contributed by atoms with van der Waals surface area (Å²) < 4.78 is 14.2. The predicted octanol–water partition coefficient (Wildman–Crippen LogP) is 4.67. The Morgan fingerprint density at radius 2 is 1.24 bits per heavy atom. The van der Waals surface area contributed by atoms with Crippen molar-refractivity contribution in [1.29, 1.82) is 0 Å². The number of nitrogens with zero attached hydrogens (tertiary/aromatic N) is 4. The Balaban J connectivity index is 1.54. The third-order valence-corrected chi connectivity index (χ3v) is 8.75. The number of carbonyl (C=O) groups excluding carboxylic acids is 4. The van der Waals surface area contributed by atoms with Gasteiger partial charge in [-0.15, -0.1) is 0 Å². The maximum Gasteiger partial charge on any atom is 0.339 e. The van der Waals surface area contributed by atoms with E-state index in [2.05, 4.69) is 15.0 Å². The summed E-state index contributed by atoms with van der Waals surface area (Å²) in [5.74, 6) is -3.97. The smallest absolute Gasteiger partial charge is 0.339 e. The molecular weight excluding hydrogens is 638 g/mol. The SMILES string of the molecule is Nc1ncnc2c1ncn2[C@@H]1O[C@](C(=O)c2ccccc2)(C(OC(=O)c2ccccc2)(C(=O)c2ccccc2)C(=O)c2ccccc2)C[C@H]1O. The van der Waals surface area contributed by atoms with Gasteiger partial charge in [0.25, 0.3) is 5.60 Å². The number of nitrogen functional groups attached to an aromatic ring is 1. The monoisotopic (exact) mass is 667 g/mol. The highest BCUT2D eigenvalue weighted by Crippen LogP contribution is 2.50. The second kappa shape index (κ2) is 12.9. The van der Waals surface area contributed by atoms with Crippen LogP contribution in [0.25, 0.3) is 11.2 Å². The lowest BCUT2D eigenvalue weighted by molar-refractivity contribution is -0.134. The van der Waals surface area contributed by atoms with E-state index in [9.17, 15) is 9.90 Å². The summed E-state index contributed by atoms with van der Waals surface area (Å²) in [5, 5.41) is 11.9. The van der Waals surface area contributed by atoms with Gasteiger partial charge < -0.3 is 20.3 Å². The van der Waals surface area contributed by atoms with Crippen LogP contribution in [0, 0.1) is 0 Å². The minimum Gasteiger partial charge on any atom is -0.435 e. The summed E-state index contributed by atoms with van der Waals surface area (Å²) in [7, 11) is 0. The number of aliphatic hydroxyl groups is 1. The molecule has 3 heterocycles. The number of rotatable bonds is 10. The first-order valence-electron chi connectivity index (χ1n) is 15.6. The molecule has 3 atom stereocenters. The molecule has 12 nitrogen and oxygen atoms in total. The highest BCUT2D eigenvalue weighted by molar-refractivity contribution is 6.29. The van der Waals surface area contributed by atoms with E-state index in [1.54, 1.807) is 72.8 Å². The molecule has 0 spiro atoms. The third-order valence-electron chi connectivity index (χ3n) is 8.75. The van der Waals surface area contributed by atoms with E-state index in [1.165, 1.54) is 65.8 Å². The first-order chi connectivity index (χ1) is 24.3. The van der Waals surface area contributed by atoms with Crippen molar-refractivity contribution in [3.63, 3.8) is 0 Å². The Bertz CT molecular complexity index is 2160. The highest BCUT2D eigenvalue weighted by atomic mass is 16.6. The molecule has 50 heavy (non-hydrogen) atoms. The first kappa shape index (κ1) is 32.2. The van der Waals surface area contributed by atoms with Gasteiger partial charge in [0.1, 0.15) is 17.9 Å². The quantitative estimate of drug-likeness (QED) is 0.118. The number of aliphatic hydroxyl groups excluding tert-OH is 1. The first-order valence-corrected chi connectivity index (χ1v) is 15.6. The number of imidazole rings is 1. The molecule has 1 aliphatic rings. The average molecular weight is 668 g/mol. The van der Waals surface area contributed by atoms with Crippen molar-refractivity contribution < 1.29 is 33.8 Å². The maximum absolute atomic E-state index is 15.3. The van der Waals surface area contributed by atoms with E-state index in [1.807, 2.05) is 0 Å². The van der Waals surface area contributed by atoms with E-state index < -0.39 is 53.3 Å². The Morgan fingerprint density at radius 3 is 1.78 bits per heavy atom. The van der Waals surface area contributed by atoms with Gasteiger partial charge in [-0.25, -0.2) is 19.7 Å². The van der Waals surface area contributed by atoms with Crippen LogP contribution in [0.3, 0.4) is 0 Å². The topological polar surface area (TPSA) is 177 Å². The van der Waals surface area contributed by atoms with Gasteiger partial charge in [0.15, 0.2) is 29.1 Å². The van der Waals surface area contributed by atoms with Crippen molar-refractivity contribution in [2.75, 3.05) is 5.73 Å². The summed E-state index contributed by atoms with van der Waals surface area (Å²) in [5.41, 5.74) is 0.634. The van der Waals surface area contributed by atoms with Crippen LogP contribution in [0.15, 0.2) is 134 Å². The van der Waals surface area contributed by atoms with Gasteiger partial charge in [-0.05, 0) is 12.1 Å². The van der Waals surface area contributed by atoms with Crippen LogP contribution >= 0.6 is 0 Å². The fourth-order valence-corrected chi connectivity index (χ4v) is 6.38. The van der Waals surface area contributed by atoms with Gasteiger partial charge >= 0.3 is 5.97 Å². The molecule has 7 rings (SSSR count). The van der Waals surface area contributed by atoms with Crippen molar-refractivity contribution in [3.05, 3.63) is 156 Å². The second-order valence-corrected chi connectivity index (χ2v) is 11.7. The van der Waals surface area contributed by atoms with E-state index in [4.69, 9.17) is 15.2 Å². The average Bonchev–Trinajstić information content (AvgIpc) is 3.76. The van der Waals surface area contributed by atoms with Crippen molar-refractivity contribution in [2.24, 2.45) is 0 Å². The van der Waals surface area contributed by atoms with Crippen molar-refractivity contribution in [1.82, 2.24) is 19.5 Å². The Hall–Kier alpha value is -6.37. The summed E-state index contributed by atoms with van der Waals surface area (Å²) in [6, 6.07) is 31.0. The number of ether oxygens (including phenoxy) is 2. The molecule has 4 aromatic carbocycles. The van der Waals surface area contributed by atoms with Crippen molar-refractivity contribution >= 4 is 40.3 Å². The standard InChI is InChI=1S/C38H29N5O7/c39-33-29-34(41-22-40-33)43(23-42-29)35-28(44)21-37(49-35,30(45)24-13-5-1-6-14-24)38(31(46)25-15-7-2-8-16-25,32(47)26-17-9-3-10-18-26)50-36(48)27-19-11-4-12-20-27/h1-20,22-23,28,35,44H,21H2,(H2,39,40,41)/t28-,35-,37-/m1/s1. The molecule has 0 radical (unpaired) electrons. The van der Waals surface area contributed by atoms with Crippen LogP contribution in [0.5, 0.6) is 0 Å². The van der Waals surface area contributed by atoms with Crippen LogP contribution < -0.4 is 5.73 Å². The number of nitrogens with two attached hydrogens (primary N) is 1. The van der Waals surface area contributed by atoms with E-state index in [0.29, 0.717) is 0 Å². The zero-order valence-corrected chi connectivity index (χ0v) is 26.3. The predicted molar refractivity (Wildman–Crippen MR) is 180 cm³/mol. The van der Waals surface area contributed by atoms with Crippen LogP contribution in [0.2, 0.25) is 0 Å². The summed E-state index contributed by atoms with van der Waals surface area (Å²) >= 11 is 0. The molecule has 0 bridgehead atoms. The summed E-state index contributed by atoms with van der Waals surface area (Å²) in [4.78, 5) is 72.4. The zero-order valence-electron chi connectivity index (χ0n) is 26.3. The van der Waals surface area contributed by atoms with Gasteiger partial charge in [0.05, 0.1) is 11.9 Å². The minimum absolute atomic E-state index is 0.00350. The number of hydrogen-bond donors (Lipinski definition) is 2. The van der Waals surface area contributed by atoms with Gasteiger partial charge in [-0.3, -0.25) is 19.0 Å². The molecule has 248 valence electrons. The number of esters is 1. The van der Waals surface area contributed by atoms with Gasteiger partial charge in [0.2, 0.25) is 11.6 Å². The minimum atomic E-state index is -3.03. The lowest BCUT2D eigenvalue weighted by atomic mass is 9.67. The van der Waals surface area contributed by atoms with Crippen LogP contribution in [-0.4, -0.2) is 65.3 Å². The molecule has 1 aliphatic heterocycles. The number of aromatic nitrogens is 4. The number of anilines is 1. The zero-order chi connectivity index (χ0) is 34.9. The summed E-state index contributed by atoms with van der Waals surface area (Å²) in [6.07, 6.45) is -1.21. The molecule has 1 fully saturated rings. The van der Waals surface area contributed by atoms with Gasteiger partial charge in [0, 0.05) is 23.1 Å². The van der Waals surface area contributed by atoms with E-state index in [0.717, 1.165) is 0 Å². The number of fused-ring (bicyclic) bond motifs is 1. The maximum atomic E-state index is 15.3. The fraction of sp³-hybridized carbons (Fsp3) is 0.132. The fourth-order valence-electron chi connectivity index (χ4n) is 6.38. The lowest BCUT2D eigenvalue weighted by Gasteiger charge is -2.43. The van der Waals surface area contributed by atoms with Crippen molar-refractivity contribution in [2.45, 2.75) is 30.0 Å². The summed E-state index contributed by atoms with van der Waals surface area (Å²) in [6.45, 7) is 0. The van der Waals surface area contributed by atoms with E-state index >= 15 is 14.4 Å². The normalized spacial score (nSPS) is 18.8. The second-order valence-electron chi connectivity index (χ2n) is 11.7. The molecule has 0 saturated carbocycles. The molecule has 1 saturated heterocycles. The Labute approximate surface area is 285 Å². The Morgan fingerprint density at radius 1 is 0.740 bits per heavy atom. The molecule has 2 aromatic heterocycles.